The van der Waals surface area contributed by atoms with Crippen LogP contribution in [0.3, 0.4) is 0 Å². The highest BCUT2D eigenvalue weighted by Gasteiger charge is 2.49. The van der Waals surface area contributed by atoms with Gasteiger partial charge in [0.2, 0.25) is 0 Å². The fraction of sp³-hybridized carbons (Fsp3) is 0.833. The molecular weight excluding hydrogens is 206 g/mol. The number of aliphatic hydroxyl groups excluding tert-OH is 1. The second kappa shape index (κ2) is 5.06. The largest absolute Gasteiger partial charge is 0.385 e. The van der Waals surface area contributed by atoms with Gasteiger partial charge in [0.05, 0.1) is 6.04 Å². The lowest BCUT2D eigenvalue weighted by molar-refractivity contribution is -0.128. The molecule has 4 heteroatoms. The van der Waals surface area contributed by atoms with E-state index in [0.29, 0.717) is 0 Å². The minimum atomic E-state index is -0.929. The van der Waals surface area contributed by atoms with Crippen LogP contribution in [0.2, 0.25) is 0 Å². The maximum Gasteiger partial charge on any atom is 0.179 e. The first kappa shape index (κ1) is 13.3. The van der Waals surface area contributed by atoms with E-state index < -0.39 is 6.10 Å². The Labute approximate surface area is 96.4 Å². The van der Waals surface area contributed by atoms with Gasteiger partial charge in [-0.15, -0.1) is 0 Å². The molecule has 1 aliphatic rings. The Balaban J connectivity index is 2.56. The molecule has 4 atom stereocenters. The standard InChI is InChI=1S/C12H21NO3/c1-6(2)8(5-14)9-10(13-9)12(16)11(15)7(3)4/h5-11,13,15H,1-4H3/t8?,9?,10?,11-/m0/s1. The molecule has 1 fully saturated rings. The highest BCUT2D eigenvalue weighted by atomic mass is 16.3. The van der Waals surface area contributed by atoms with Crippen molar-refractivity contribution in [2.45, 2.75) is 45.9 Å². The first-order chi connectivity index (χ1) is 7.40. The van der Waals surface area contributed by atoms with Crippen LogP contribution >= 0.6 is 0 Å². The normalized spacial score (nSPS) is 27.9. The number of Topliss-reactive ketones (excluding diaryl/α,β-unsaturated/α-hetero) is 1. The van der Waals surface area contributed by atoms with E-state index in [1.165, 1.54) is 0 Å². The van der Waals surface area contributed by atoms with Gasteiger partial charge in [-0.2, -0.15) is 0 Å². The average Bonchev–Trinajstić information content (AvgIpc) is 2.96. The molecule has 1 heterocycles. The molecule has 0 amide bonds. The number of carbonyl (C=O) groups excluding carboxylic acids is 2. The van der Waals surface area contributed by atoms with Crippen molar-refractivity contribution in [3.05, 3.63) is 0 Å². The van der Waals surface area contributed by atoms with Crippen LogP contribution in [0.4, 0.5) is 0 Å². The topological polar surface area (TPSA) is 76.3 Å². The maximum absolute atomic E-state index is 11.8. The van der Waals surface area contributed by atoms with Crippen molar-refractivity contribution in [2.75, 3.05) is 0 Å². The third kappa shape index (κ3) is 2.68. The minimum absolute atomic E-state index is 0.0794. The van der Waals surface area contributed by atoms with Gasteiger partial charge in [0.1, 0.15) is 12.4 Å². The third-order valence-electron chi connectivity index (χ3n) is 3.19. The predicted octanol–water partition coefficient (Wildman–Crippen LogP) is 0.384. The van der Waals surface area contributed by atoms with E-state index in [0.717, 1.165) is 6.29 Å². The monoisotopic (exact) mass is 227 g/mol. The summed E-state index contributed by atoms with van der Waals surface area (Å²) in [5, 5.41) is 12.6. The van der Waals surface area contributed by atoms with E-state index in [-0.39, 0.29) is 35.6 Å². The van der Waals surface area contributed by atoms with Crippen LogP contribution in [0, 0.1) is 17.8 Å². The summed E-state index contributed by atoms with van der Waals surface area (Å²) in [6.45, 7) is 7.53. The highest BCUT2D eigenvalue weighted by Crippen LogP contribution is 2.27. The summed E-state index contributed by atoms with van der Waals surface area (Å²) in [6, 6.07) is -0.423. The zero-order valence-electron chi connectivity index (χ0n) is 10.3. The summed E-state index contributed by atoms with van der Waals surface area (Å²) in [5.74, 6) is -0.200. The predicted molar refractivity (Wildman–Crippen MR) is 61.0 cm³/mol. The van der Waals surface area contributed by atoms with Gasteiger partial charge in [-0.3, -0.25) is 4.79 Å². The second-order valence-electron chi connectivity index (χ2n) is 5.22. The van der Waals surface area contributed by atoms with Crippen molar-refractivity contribution in [1.29, 1.82) is 0 Å². The Morgan fingerprint density at radius 3 is 2.19 bits per heavy atom. The molecule has 2 N–H and O–H groups in total. The Bertz CT molecular complexity index is 275. The van der Waals surface area contributed by atoms with Gasteiger partial charge in [0.15, 0.2) is 5.78 Å². The van der Waals surface area contributed by atoms with Gasteiger partial charge in [-0.1, -0.05) is 27.7 Å². The van der Waals surface area contributed by atoms with Crippen molar-refractivity contribution in [3.8, 4) is 0 Å². The Morgan fingerprint density at radius 1 is 1.25 bits per heavy atom. The fourth-order valence-corrected chi connectivity index (χ4v) is 1.91. The highest BCUT2D eigenvalue weighted by molar-refractivity contribution is 5.92. The van der Waals surface area contributed by atoms with Crippen LogP contribution in [0.15, 0.2) is 0 Å². The lowest BCUT2D eigenvalue weighted by Gasteiger charge is -2.14. The van der Waals surface area contributed by atoms with E-state index in [9.17, 15) is 14.7 Å². The number of aliphatic hydroxyl groups is 1. The van der Waals surface area contributed by atoms with Crippen LogP contribution < -0.4 is 5.32 Å². The number of nitrogens with one attached hydrogen (secondary N) is 1. The van der Waals surface area contributed by atoms with Gasteiger partial charge in [-0.05, 0) is 11.8 Å². The number of rotatable bonds is 6. The molecule has 3 unspecified atom stereocenters. The zero-order valence-corrected chi connectivity index (χ0v) is 10.3. The molecule has 0 aromatic rings. The van der Waals surface area contributed by atoms with Crippen molar-refractivity contribution >= 4 is 12.1 Å². The number of hydrogen-bond acceptors (Lipinski definition) is 4. The van der Waals surface area contributed by atoms with Crippen molar-refractivity contribution in [2.24, 2.45) is 17.8 Å². The Hall–Kier alpha value is -0.740. The third-order valence-corrected chi connectivity index (χ3v) is 3.19. The van der Waals surface area contributed by atoms with Crippen LogP contribution in [0.25, 0.3) is 0 Å². The summed E-state index contributed by atoms with van der Waals surface area (Å²) in [5.41, 5.74) is 0. The van der Waals surface area contributed by atoms with E-state index >= 15 is 0 Å². The quantitative estimate of drug-likeness (QED) is 0.508. The van der Waals surface area contributed by atoms with Gasteiger partial charge in [0, 0.05) is 12.0 Å². The van der Waals surface area contributed by atoms with Crippen LogP contribution in [0.1, 0.15) is 27.7 Å². The molecule has 0 saturated carbocycles. The molecule has 0 spiro atoms. The molecular formula is C12H21NO3. The summed E-state index contributed by atoms with van der Waals surface area (Å²) in [7, 11) is 0. The SMILES string of the molecule is CC(C)C(C=O)C1NC1C(=O)[C@@H](O)C(C)C. The van der Waals surface area contributed by atoms with Crippen molar-refractivity contribution < 1.29 is 14.7 Å². The smallest absolute Gasteiger partial charge is 0.179 e. The fourth-order valence-electron chi connectivity index (χ4n) is 1.91. The van der Waals surface area contributed by atoms with Crippen molar-refractivity contribution in [1.82, 2.24) is 5.32 Å². The van der Waals surface area contributed by atoms with Crippen molar-refractivity contribution in [3.63, 3.8) is 0 Å². The maximum atomic E-state index is 11.8. The molecule has 4 nitrogen and oxygen atoms in total. The molecule has 0 radical (unpaired) electrons. The van der Waals surface area contributed by atoms with Gasteiger partial charge in [0.25, 0.3) is 0 Å². The minimum Gasteiger partial charge on any atom is -0.385 e. The summed E-state index contributed by atoms with van der Waals surface area (Å²) in [6.07, 6.45) is -0.0286. The molecule has 1 aliphatic heterocycles. The van der Waals surface area contributed by atoms with Crippen LogP contribution in [-0.2, 0) is 9.59 Å². The molecule has 16 heavy (non-hydrogen) atoms. The first-order valence-corrected chi connectivity index (χ1v) is 5.83. The zero-order chi connectivity index (χ0) is 12.5. The van der Waals surface area contributed by atoms with E-state index in [2.05, 4.69) is 5.32 Å². The Morgan fingerprint density at radius 2 is 1.81 bits per heavy atom. The van der Waals surface area contributed by atoms with Gasteiger partial charge >= 0.3 is 0 Å². The number of hydrogen-bond donors (Lipinski definition) is 2. The molecule has 0 aliphatic carbocycles. The van der Waals surface area contributed by atoms with Crippen LogP contribution in [0.5, 0.6) is 0 Å². The van der Waals surface area contributed by atoms with Gasteiger partial charge < -0.3 is 15.2 Å². The van der Waals surface area contributed by atoms with E-state index in [1.54, 1.807) is 13.8 Å². The number of ketones is 1. The van der Waals surface area contributed by atoms with E-state index in [1.807, 2.05) is 13.8 Å². The van der Waals surface area contributed by atoms with Gasteiger partial charge in [-0.25, -0.2) is 0 Å². The molecule has 0 aromatic carbocycles. The summed E-state index contributed by atoms with van der Waals surface area (Å²) >= 11 is 0. The first-order valence-electron chi connectivity index (χ1n) is 5.83. The number of carbonyl (C=O) groups is 2. The number of aldehydes is 1. The summed E-state index contributed by atoms with van der Waals surface area (Å²) in [4.78, 5) is 22.7. The van der Waals surface area contributed by atoms with Crippen LogP contribution in [-0.4, -0.2) is 35.4 Å². The summed E-state index contributed by atoms with van der Waals surface area (Å²) < 4.78 is 0. The lowest BCUT2D eigenvalue weighted by atomic mass is 9.89. The molecule has 1 rings (SSSR count). The molecule has 0 bridgehead atoms. The molecule has 1 saturated heterocycles. The average molecular weight is 227 g/mol. The Kier molecular flexibility index (Phi) is 4.21. The second-order valence-corrected chi connectivity index (χ2v) is 5.22. The lowest BCUT2D eigenvalue weighted by Crippen LogP contribution is -2.33. The van der Waals surface area contributed by atoms with E-state index in [4.69, 9.17) is 0 Å². The molecule has 0 aromatic heterocycles. The molecule has 92 valence electrons.